The molecule has 0 aliphatic carbocycles. The number of nitrogens with zero attached hydrogens (tertiary/aromatic N) is 1. The summed E-state index contributed by atoms with van der Waals surface area (Å²) in [6.07, 6.45) is 0. The molecule has 0 heterocycles. The van der Waals surface area contributed by atoms with Crippen LogP contribution in [0.4, 0.5) is 10.1 Å². The van der Waals surface area contributed by atoms with Gasteiger partial charge >= 0.3 is 0 Å². The molecule has 1 atom stereocenters. The van der Waals surface area contributed by atoms with Crippen molar-refractivity contribution < 1.29 is 4.39 Å². The normalized spacial score (nSPS) is 11.7. The highest BCUT2D eigenvalue weighted by molar-refractivity contribution is 9.10. The van der Waals surface area contributed by atoms with Gasteiger partial charge in [-0.2, -0.15) is 5.26 Å². The number of benzene rings is 2. The van der Waals surface area contributed by atoms with E-state index in [1.807, 2.05) is 24.3 Å². The van der Waals surface area contributed by atoms with Gasteiger partial charge < -0.3 is 5.32 Å². The van der Waals surface area contributed by atoms with Crippen molar-refractivity contribution in [3.63, 3.8) is 0 Å². The lowest BCUT2D eigenvalue weighted by Gasteiger charge is -2.15. The first-order valence-electron chi connectivity index (χ1n) is 5.47. The summed E-state index contributed by atoms with van der Waals surface area (Å²) >= 11 is 9.12. The number of halogens is 3. The smallest absolute Gasteiger partial charge is 0.141 e. The molecular formula is C14H9BrClFN2. The molecule has 0 aliphatic rings. The summed E-state index contributed by atoms with van der Waals surface area (Å²) in [5.74, 6) is -0.497. The van der Waals surface area contributed by atoms with Crippen molar-refractivity contribution in [1.82, 2.24) is 0 Å². The van der Waals surface area contributed by atoms with Crippen molar-refractivity contribution in [2.45, 2.75) is 6.04 Å². The van der Waals surface area contributed by atoms with Crippen molar-refractivity contribution in [1.29, 1.82) is 5.26 Å². The average molecular weight is 340 g/mol. The van der Waals surface area contributed by atoms with Gasteiger partial charge in [0.1, 0.15) is 11.9 Å². The Morgan fingerprint density at radius 3 is 2.63 bits per heavy atom. The van der Waals surface area contributed by atoms with E-state index in [1.54, 1.807) is 6.07 Å². The summed E-state index contributed by atoms with van der Waals surface area (Å²) in [6, 6.07) is 13.2. The van der Waals surface area contributed by atoms with E-state index in [-0.39, 0.29) is 5.02 Å². The molecule has 0 bridgehead atoms. The summed E-state index contributed by atoms with van der Waals surface area (Å²) in [5, 5.41) is 12.3. The van der Waals surface area contributed by atoms with Gasteiger partial charge in [0.2, 0.25) is 0 Å². The van der Waals surface area contributed by atoms with Gasteiger partial charge in [-0.1, -0.05) is 29.8 Å². The number of nitriles is 1. The van der Waals surface area contributed by atoms with Crippen LogP contribution in [-0.2, 0) is 0 Å². The van der Waals surface area contributed by atoms with Gasteiger partial charge in [-0.3, -0.25) is 0 Å². The van der Waals surface area contributed by atoms with E-state index in [0.29, 0.717) is 5.56 Å². The standard InChI is InChI=1S/C14H9BrClFN2/c15-10-3-1-2-4-13(10)19-14(8-18)9-5-6-12(17)11(16)7-9/h1-7,14,19H. The van der Waals surface area contributed by atoms with Crippen LogP contribution in [0.25, 0.3) is 0 Å². The fraction of sp³-hybridized carbons (Fsp3) is 0.0714. The predicted octanol–water partition coefficient (Wildman–Crippen LogP) is 4.92. The molecule has 1 N–H and O–H groups in total. The monoisotopic (exact) mass is 338 g/mol. The molecule has 0 aromatic heterocycles. The van der Waals surface area contributed by atoms with Gasteiger partial charge in [0.05, 0.1) is 11.1 Å². The largest absolute Gasteiger partial charge is 0.365 e. The summed E-state index contributed by atoms with van der Waals surface area (Å²) < 4.78 is 14.0. The van der Waals surface area contributed by atoms with Crippen molar-refractivity contribution in [3.05, 3.63) is 63.3 Å². The second-order valence-corrected chi connectivity index (χ2v) is 5.12. The number of hydrogen-bond donors (Lipinski definition) is 1. The van der Waals surface area contributed by atoms with Crippen molar-refractivity contribution in [3.8, 4) is 6.07 Å². The predicted molar refractivity (Wildman–Crippen MR) is 77.5 cm³/mol. The molecule has 5 heteroatoms. The van der Waals surface area contributed by atoms with Gasteiger partial charge in [-0.25, -0.2) is 4.39 Å². The van der Waals surface area contributed by atoms with Gasteiger partial charge in [-0.15, -0.1) is 0 Å². The van der Waals surface area contributed by atoms with Crippen molar-refractivity contribution >= 4 is 33.2 Å². The van der Waals surface area contributed by atoms with E-state index in [4.69, 9.17) is 11.6 Å². The molecular weight excluding hydrogens is 331 g/mol. The van der Waals surface area contributed by atoms with E-state index in [0.717, 1.165) is 10.2 Å². The third-order valence-corrected chi connectivity index (χ3v) is 3.56. The van der Waals surface area contributed by atoms with Crippen LogP contribution < -0.4 is 5.32 Å². The highest BCUT2D eigenvalue weighted by Gasteiger charge is 2.13. The number of anilines is 1. The van der Waals surface area contributed by atoms with Crippen LogP contribution in [0.5, 0.6) is 0 Å². The Kier molecular flexibility index (Phi) is 4.41. The Morgan fingerprint density at radius 1 is 1.26 bits per heavy atom. The Labute approximate surface area is 123 Å². The zero-order chi connectivity index (χ0) is 13.8. The second kappa shape index (κ2) is 6.05. The second-order valence-electron chi connectivity index (χ2n) is 3.86. The number of rotatable bonds is 3. The van der Waals surface area contributed by atoms with E-state index >= 15 is 0 Å². The van der Waals surface area contributed by atoms with Crippen LogP contribution >= 0.6 is 27.5 Å². The minimum absolute atomic E-state index is 0.00618. The average Bonchev–Trinajstić information content (AvgIpc) is 2.41. The molecule has 2 aromatic carbocycles. The topological polar surface area (TPSA) is 35.8 Å². The van der Waals surface area contributed by atoms with Crippen molar-refractivity contribution in [2.75, 3.05) is 5.32 Å². The van der Waals surface area contributed by atoms with Crippen LogP contribution in [0.2, 0.25) is 5.02 Å². The quantitative estimate of drug-likeness (QED) is 0.861. The SMILES string of the molecule is N#CC(Nc1ccccc1Br)c1ccc(F)c(Cl)c1. The van der Waals surface area contributed by atoms with E-state index in [2.05, 4.69) is 27.3 Å². The lowest BCUT2D eigenvalue weighted by atomic mass is 10.1. The molecule has 0 saturated carbocycles. The van der Waals surface area contributed by atoms with Crippen LogP contribution in [0, 0.1) is 17.1 Å². The van der Waals surface area contributed by atoms with Gasteiger partial charge in [0, 0.05) is 10.2 Å². The molecule has 2 nitrogen and oxygen atoms in total. The van der Waals surface area contributed by atoms with Gasteiger partial charge in [0.15, 0.2) is 0 Å². The number of para-hydroxylation sites is 1. The Balaban J connectivity index is 2.28. The summed E-state index contributed by atoms with van der Waals surface area (Å²) in [6.45, 7) is 0. The van der Waals surface area contributed by atoms with E-state index in [9.17, 15) is 9.65 Å². The lowest BCUT2D eigenvalue weighted by molar-refractivity contribution is 0.627. The highest BCUT2D eigenvalue weighted by Crippen LogP contribution is 2.27. The zero-order valence-corrected chi connectivity index (χ0v) is 12.0. The van der Waals surface area contributed by atoms with Gasteiger partial charge in [0.25, 0.3) is 0 Å². The van der Waals surface area contributed by atoms with Crippen LogP contribution in [0.3, 0.4) is 0 Å². The van der Waals surface area contributed by atoms with E-state index < -0.39 is 11.9 Å². The molecule has 2 aromatic rings. The maximum Gasteiger partial charge on any atom is 0.141 e. The first kappa shape index (κ1) is 13.9. The first-order chi connectivity index (χ1) is 9.11. The molecule has 19 heavy (non-hydrogen) atoms. The molecule has 0 radical (unpaired) electrons. The Hall–Kier alpha value is -1.57. The molecule has 2 rings (SSSR count). The molecule has 96 valence electrons. The molecule has 0 fully saturated rings. The van der Waals surface area contributed by atoms with Gasteiger partial charge in [-0.05, 0) is 45.8 Å². The fourth-order valence-corrected chi connectivity index (χ4v) is 2.20. The summed E-state index contributed by atoms with van der Waals surface area (Å²) in [5.41, 5.74) is 1.40. The van der Waals surface area contributed by atoms with Crippen LogP contribution in [0.1, 0.15) is 11.6 Å². The molecule has 0 aliphatic heterocycles. The Morgan fingerprint density at radius 2 is 2.00 bits per heavy atom. The molecule has 0 saturated heterocycles. The summed E-state index contributed by atoms with van der Waals surface area (Å²) in [4.78, 5) is 0. The highest BCUT2D eigenvalue weighted by atomic mass is 79.9. The third kappa shape index (κ3) is 3.25. The molecule has 1 unspecified atom stereocenters. The third-order valence-electron chi connectivity index (χ3n) is 2.58. The van der Waals surface area contributed by atoms with Crippen LogP contribution in [0.15, 0.2) is 46.9 Å². The van der Waals surface area contributed by atoms with E-state index in [1.165, 1.54) is 12.1 Å². The lowest BCUT2D eigenvalue weighted by Crippen LogP contribution is -2.09. The van der Waals surface area contributed by atoms with Crippen LogP contribution in [-0.4, -0.2) is 0 Å². The maximum atomic E-state index is 13.1. The molecule has 0 spiro atoms. The maximum absolute atomic E-state index is 13.1. The Bertz CT molecular complexity index is 640. The zero-order valence-electron chi connectivity index (χ0n) is 9.70. The minimum Gasteiger partial charge on any atom is -0.365 e. The fourth-order valence-electron chi connectivity index (χ4n) is 1.62. The number of hydrogen-bond acceptors (Lipinski definition) is 2. The first-order valence-corrected chi connectivity index (χ1v) is 6.64. The van der Waals surface area contributed by atoms with Crippen molar-refractivity contribution in [2.24, 2.45) is 0 Å². The minimum atomic E-state index is -0.600. The molecule has 0 amide bonds. The number of nitrogens with one attached hydrogen (secondary N) is 1. The summed E-state index contributed by atoms with van der Waals surface area (Å²) in [7, 11) is 0.